The highest BCUT2D eigenvalue weighted by atomic mass is 35.5. The normalized spacial score (nSPS) is 12.4. The zero-order valence-electron chi connectivity index (χ0n) is 60.7. The van der Waals surface area contributed by atoms with E-state index in [0.29, 0.717) is 69.8 Å². The van der Waals surface area contributed by atoms with E-state index >= 15 is 0 Å². The highest BCUT2D eigenvalue weighted by Gasteiger charge is 2.32. The minimum absolute atomic E-state index is 0.0643. The number of aryl methyl sites for hydroxylation is 7. The zero-order chi connectivity index (χ0) is 74.2. The first-order valence-corrected chi connectivity index (χ1v) is 33.8. The number of aldehydes is 2. The van der Waals surface area contributed by atoms with Gasteiger partial charge in [-0.3, -0.25) is 33.2 Å². The number of fused-ring (bicyclic) bond motifs is 5. The summed E-state index contributed by atoms with van der Waals surface area (Å²) in [6, 6.07) is 26.9. The largest absolute Gasteiger partial charge is 0.497 e. The van der Waals surface area contributed by atoms with Crippen LogP contribution in [-0.2, 0) is 40.8 Å². The monoisotopic (exact) mass is 1420 g/mol. The van der Waals surface area contributed by atoms with Gasteiger partial charge < -0.3 is 69.3 Å². The molecule has 0 saturated heterocycles. The number of ketones is 2. The third-order valence-electron chi connectivity index (χ3n) is 18.4. The van der Waals surface area contributed by atoms with Crippen LogP contribution in [-0.4, -0.2) is 154 Å². The first kappa shape index (κ1) is 74.2. The highest BCUT2D eigenvalue weighted by Crippen LogP contribution is 2.44. The molecule has 538 valence electrons. The van der Waals surface area contributed by atoms with Crippen LogP contribution in [0.2, 0.25) is 0 Å². The van der Waals surface area contributed by atoms with Crippen molar-refractivity contribution in [2.24, 2.45) is 21.1 Å². The Hall–Kier alpha value is -11.5. The molecule has 0 radical (unpaired) electrons. The fourth-order valence-corrected chi connectivity index (χ4v) is 13.4. The average molecular weight is 1420 g/mol. The summed E-state index contributed by atoms with van der Waals surface area (Å²) in [5.74, 6) is 3.54. The maximum atomic E-state index is 13.6. The Kier molecular flexibility index (Phi) is 23.1. The summed E-state index contributed by atoms with van der Waals surface area (Å²) in [6.07, 6.45) is 3.67. The first-order chi connectivity index (χ1) is 49.5. The molecule has 6 aromatic heterocycles. The Bertz CT molecular complexity index is 5140. The van der Waals surface area contributed by atoms with E-state index in [1.165, 1.54) is 14.1 Å². The number of alkyl halides is 1. The van der Waals surface area contributed by atoms with Crippen LogP contribution >= 0.6 is 11.6 Å². The van der Waals surface area contributed by atoms with Crippen LogP contribution < -0.4 is 55.6 Å². The lowest BCUT2D eigenvalue weighted by molar-refractivity contribution is 0.0959. The highest BCUT2D eigenvalue weighted by molar-refractivity contribution is 6.18. The summed E-state index contributed by atoms with van der Waals surface area (Å²) in [5.41, 5.74) is 18.7. The second kappa shape index (κ2) is 32.0. The Morgan fingerprint density at radius 3 is 1.28 bits per heavy atom. The molecule has 0 saturated carbocycles. The minimum atomic E-state index is -0.368. The number of rotatable bonds is 19. The van der Waals surface area contributed by atoms with Crippen LogP contribution in [0, 0.1) is 41.5 Å². The van der Waals surface area contributed by atoms with E-state index in [1.54, 1.807) is 57.7 Å². The SMILES string of the molecule is CNC(=O)Nc1ccc2c(c1)C(=O)CO2.CNCCn1c(-c2c(C)nn(C)c2C)c(/C=C2\Oc3ccc(NC(=O)NC)cc3C2=O)c2cc(OC)ccc21.CNCCn1c(-c2c(C)nn(C)c2C)c(C=O)c2cc(OC)ccc21.COc1ccc2c(c1)c(C=O)c(-c1c(C)nn(C)c1C)n2CCCl. The fraction of sp³-hybridized carbons (Fsp3) is 0.303. The Balaban J connectivity index is 0.000000156. The number of nitrogens with zero attached hydrogens (tertiary/aromatic N) is 9. The topological polar surface area (TPSA) is 289 Å². The number of likely N-dealkylation sites (N-methyl/N-ethyl adjacent to an activating group) is 2. The maximum absolute atomic E-state index is 13.6. The molecule has 0 aliphatic carbocycles. The molecule has 103 heavy (non-hydrogen) atoms. The molecule has 0 spiro atoms. The lowest BCUT2D eigenvalue weighted by atomic mass is 10.0. The van der Waals surface area contributed by atoms with E-state index in [4.69, 9.17) is 35.3 Å². The number of aromatic nitrogens is 9. The molecule has 11 aromatic rings. The van der Waals surface area contributed by atoms with Gasteiger partial charge in [0.1, 0.15) is 28.7 Å². The van der Waals surface area contributed by atoms with Gasteiger partial charge >= 0.3 is 12.1 Å². The smallest absolute Gasteiger partial charge is 0.318 e. The molecule has 0 unspecified atom stereocenters. The molecule has 6 N–H and O–H groups in total. The Morgan fingerprint density at radius 1 is 0.524 bits per heavy atom. The molecule has 0 fully saturated rings. The van der Waals surface area contributed by atoms with Gasteiger partial charge in [-0.25, -0.2) is 9.59 Å². The molecule has 13 rings (SSSR count). The van der Waals surface area contributed by atoms with Gasteiger partial charge in [0.2, 0.25) is 11.6 Å². The van der Waals surface area contributed by atoms with Gasteiger partial charge in [-0.1, -0.05) is 0 Å². The Morgan fingerprint density at radius 2 is 0.913 bits per heavy atom. The average Bonchev–Trinajstić information content (AvgIpc) is 1.60. The lowest BCUT2D eigenvalue weighted by Crippen LogP contribution is -2.24. The van der Waals surface area contributed by atoms with Crippen molar-refractivity contribution in [2.75, 3.05) is 85.7 Å². The number of anilines is 2. The van der Waals surface area contributed by atoms with Crippen molar-refractivity contribution in [1.29, 1.82) is 0 Å². The van der Waals surface area contributed by atoms with Crippen molar-refractivity contribution < 1.29 is 52.5 Å². The number of nitrogens with one attached hydrogen (secondary N) is 6. The third-order valence-corrected chi connectivity index (χ3v) is 18.6. The van der Waals surface area contributed by atoms with Crippen molar-refractivity contribution >= 4 is 98.0 Å². The molecule has 2 aliphatic rings. The Labute approximate surface area is 601 Å². The zero-order valence-corrected chi connectivity index (χ0v) is 61.5. The van der Waals surface area contributed by atoms with Crippen LogP contribution in [0.25, 0.3) is 72.6 Å². The van der Waals surface area contributed by atoms with Crippen LogP contribution in [0.5, 0.6) is 28.7 Å². The van der Waals surface area contributed by atoms with E-state index < -0.39 is 0 Å². The predicted octanol–water partition coefficient (Wildman–Crippen LogP) is 11.7. The summed E-state index contributed by atoms with van der Waals surface area (Å²) >= 11 is 6.04. The van der Waals surface area contributed by atoms with Crippen molar-refractivity contribution in [3.63, 3.8) is 0 Å². The third kappa shape index (κ3) is 14.7. The van der Waals surface area contributed by atoms with E-state index in [-0.39, 0.29) is 36.0 Å². The number of carbonyl (C=O) groups excluding carboxylic acids is 6. The molecule has 8 heterocycles. The van der Waals surface area contributed by atoms with Crippen LogP contribution in [0.1, 0.15) is 81.2 Å². The van der Waals surface area contributed by atoms with E-state index in [9.17, 15) is 28.8 Å². The molecule has 4 amide bonds. The predicted molar refractivity (Wildman–Crippen MR) is 402 cm³/mol. The number of hydrogen-bond acceptors (Lipinski definition) is 16. The second-order valence-corrected chi connectivity index (χ2v) is 24.9. The van der Waals surface area contributed by atoms with E-state index in [2.05, 4.69) is 60.9 Å². The maximum Gasteiger partial charge on any atom is 0.318 e. The van der Waals surface area contributed by atoms with Crippen molar-refractivity contribution in [3.8, 4) is 62.5 Å². The summed E-state index contributed by atoms with van der Waals surface area (Å²) < 4.78 is 39.6. The number of carbonyl (C=O) groups is 6. The number of allylic oxidation sites excluding steroid dienone is 1. The van der Waals surface area contributed by atoms with Crippen LogP contribution in [0.15, 0.2) is 96.8 Å². The number of methoxy groups -OCH3 is 3. The summed E-state index contributed by atoms with van der Waals surface area (Å²) in [6.45, 7) is 15.7. The van der Waals surface area contributed by atoms with Crippen molar-refractivity contribution in [1.82, 2.24) is 64.3 Å². The number of amides is 4. The van der Waals surface area contributed by atoms with E-state index in [1.807, 2.05) is 151 Å². The molecular formula is C76H86ClN15O11. The number of Topliss-reactive ketones (excluding diaryl/α,β-unsaturated/α-hetero) is 2. The molecule has 5 aromatic carbocycles. The number of benzene rings is 5. The van der Waals surface area contributed by atoms with Crippen molar-refractivity contribution in [2.45, 2.75) is 61.2 Å². The van der Waals surface area contributed by atoms with Crippen LogP contribution in [0.3, 0.4) is 0 Å². The second-order valence-electron chi connectivity index (χ2n) is 24.5. The molecular weight excluding hydrogens is 1330 g/mol. The minimum Gasteiger partial charge on any atom is -0.497 e. The number of hydrogen-bond donors (Lipinski definition) is 6. The standard InChI is InChI=1S/C29H32N6O4.C19H24N4O2.C18H20ClN3O2.C10H10N2O3/c1-16-26(17(2)34(5)33-16)27-21(20-14-19(38-6)8-9-23(20)35(27)12-11-30-3)15-25-28(36)22-13-18(32-29(37)31-4)7-10-24(22)39-25;1-12-18(13(2)22(4)21-12)19-16(11-24)15-10-14(25-5)6-7-17(15)23(19)9-8-20-3;1-11-17(12(2)21(3)20-11)18-15(10-23)14-9-13(24-4)5-6-16(14)22(18)8-7-19;1-11-10(14)12-6-2-3-9-7(4-6)8(13)5-15-9/h7-10,13-15,30H,11-12H2,1-6H3,(H2,31,32,37);6-7,10-11,20H,8-9H2,1-5H3;5-6,9-10H,7-8H2,1-4H3;2-4H,5H2,1H3,(H2,11,12,14)/b25-15-;;;. The van der Waals surface area contributed by atoms with Gasteiger partial charge in [-0.15, -0.1) is 11.6 Å². The van der Waals surface area contributed by atoms with Gasteiger partial charge in [-0.2, -0.15) is 15.3 Å². The first-order valence-electron chi connectivity index (χ1n) is 33.3. The summed E-state index contributed by atoms with van der Waals surface area (Å²) in [7, 11) is 17.6. The van der Waals surface area contributed by atoms with Crippen molar-refractivity contribution in [3.05, 3.63) is 159 Å². The van der Waals surface area contributed by atoms with Gasteiger partial charge in [-0.05, 0) is 153 Å². The number of ether oxygens (including phenoxy) is 5. The number of urea groups is 2. The quantitative estimate of drug-likeness (QED) is 0.0249. The van der Waals surface area contributed by atoms with Gasteiger partial charge in [0.15, 0.2) is 24.9 Å². The molecule has 27 heteroatoms. The fourth-order valence-electron chi connectivity index (χ4n) is 13.2. The van der Waals surface area contributed by atoms with Gasteiger partial charge in [0.25, 0.3) is 0 Å². The van der Waals surface area contributed by atoms with Crippen LogP contribution in [0.4, 0.5) is 21.0 Å². The molecule has 0 bridgehead atoms. The molecule has 0 atom stereocenters. The van der Waals surface area contributed by atoms with Gasteiger partial charge in [0, 0.05) is 168 Å². The molecule has 26 nitrogen and oxygen atoms in total. The lowest BCUT2D eigenvalue weighted by Gasteiger charge is -2.12. The van der Waals surface area contributed by atoms with E-state index in [0.717, 1.165) is 150 Å². The van der Waals surface area contributed by atoms with Gasteiger partial charge in [0.05, 0.1) is 66.6 Å². The summed E-state index contributed by atoms with van der Waals surface area (Å²) in [4.78, 5) is 71.7. The summed E-state index contributed by atoms with van der Waals surface area (Å²) in [5, 5.41) is 33.1. The molecule has 2 aliphatic heterocycles. The number of halogens is 1.